The third-order valence-electron chi connectivity index (χ3n) is 6.02. The molecule has 0 unspecified atom stereocenters. The normalized spacial score (nSPS) is 17.6. The number of rotatable bonds is 8. The molecule has 2 aliphatic rings. The topological polar surface area (TPSA) is 72.4 Å². The summed E-state index contributed by atoms with van der Waals surface area (Å²) in [5.74, 6) is 2.37. The maximum Gasteiger partial charge on any atom is 0.309 e. The second kappa shape index (κ2) is 13.7. The van der Waals surface area contributed by atoms with E-state index >= 15 is 0 Å². The summed E-state index contributed by atoms with van der Waals surface area (Å²) < 4.78 is 17.1. The molecule has 180 valence electrons. The molecule has 2 fully saturated rings. The summed E-state index contributed by atoms with van der Waals surface area (Å²) in [7, 11) is 1.68. The number of esters is 1. The summed E-state index contributed by atoms with van der Waals surface area (Å²) in [6, 6.07) is 6.00. The van der Waals surface area contributed by atoms with Crippen LogP contribution in [0, 0.1) is 5.92 Å². The highest BCUT2D eigenvalue weighted by atomic mass is 127. The molecule has 0 bridgehead atoms. The first-order valence-electron chi connectivity index (χ1n) is 11.7. The highest BCUT2D eigenvalue weighted by Crippen LogP contribution is 2.35. The minimum Gasteiger partial charge on any atom is -0.493 e. The van der Waals surface area contributed by atoms with Crippen LogP contribution in [0.15, 0.2) is 23.2 Å². The molecule has 7 nitrogen and oxygen atoms in total. The number of piperidine rings is 1. The van der Waals surface area contributed by atoms with Crippen molar-refractivity contribution in [3.63, 3.8) is 0 Å². The summed E-state index contributed by atoms with van der Waals surface area (Å²) in [6.07, 6.45) is 6.47. The van der Waals surface area contributed by atoms with Crippen LogP contribution in [-0.4, -0.2) is 56.3 Å². The number of hydrogen-bond acceptors (Lipinski definition) is 5. The second-order valence-electron chi connectivity index (χ2n) is 8.16. The first kappa shape index (κ1) is 26.5. The fourth-order valence-corrected chi connectivity index (χ4v) is 4.33. The summed E-state index contributed by atoms with van der Waals surface area (Å²) in [5, 5.41) is 3.40. The average molecular weight is 559 g/mol. The number of nitrogens with zero attached hydrogens (tertiary/aromatic N) is 2. The summed E-state index contributed by atoms with van der Waals surface area (Å²) in [4.78, 5) is 19.2. The van der Waals surface area contributed by atoms with Crippen molar-refractivity contribution in [3.8, 4) is 11.5 Å². The number of halogens is 1. The van der Waals surface area contributed by atoms with Gasteiger partial charge in [0.05, 0.1) is 32.3 Å². The Hall–Kier alpha value is -1.71. The Labute approximate surface area is 209 Å². The van der Waals surface area contributed by atoms with Gasteiger partial charge in [0, 0.05) is 25.2 Å². The molecule has 1 saturated heterocycles. The smallest absolute Gasteiger partial charge is 0.309 e. The number of aliphatic imine (C=N–C) groups is 1. The van der Waals surface area contributed by atoms with Crippen molar-refractivity contribution in [1.29, 1.82) is 0 Å². The van der Waals surface area contributed by atoms with Crippen molar-refractivity contribution in [2.45, 2.75) is 65.0 Å². The number of benzene rings is 1. The molecule has 1 N–H and O–H groups in total. The van der Waals surface area contributed by atoms with Gasteiger partial charge >= 0.3 is 5.97 Å². The first-order valence-corrected chi connectivity index (χ1v) is 11.7. The lowest BCUT2D eigenvalue weighted by Gasteiger charge is -2.33. The van der Waals surface area contributed by atoms with Crippen molar-refractivity contribution >= 4 is 35.9 Å². The monoisotopic (exact) mass is 559 g/mol. The van der Waals surface area contributed by atoms with Gasteiger partial charge in [0.1, 0.15) is 0 Å². The standard InChI is InChI=1S/C24H37N3O4.HI/c1-4-25-24(27-15-13-18(14-16-27)23(28)30-5-2)26-17-19-9-8-12-21(29-3)22(19)31-20-10-6-7-11-20;/h8-9,12,18,20H,4-7,10-11,13-17H2,1-3H3,(H,25,26);1H. The van der Waals surface area contributed by atoms with E-state index in [0.29, 0.717) is 13.2 Å². The fraction of sp³-hybridized carbons (Fsp3) is 0.667. The van der Waals surface area contributed by atoms with Gasteiger partial charge in [0.25, 0.3) is 0 Å². The molecule has 32 heavy (non-hydrogen) atoms. The predicted octanol–water partition coefficient (Wildman–Crippen LogP) is 4.38. The van der Waals surface area contributed by atoms with Crippen LogP contribution >= 0.6 is 24.0 Å². The number of carbonyl (C=O) groups excluding carboxylic acids is 1. The predicted molar refractivity (Wildman–Crippen MR) is 137 cm³/mol. The van der Waals surface area contributed by atoms with Crippen LogP contribution in [0.3, 0.4) is 0 Å². The van der Waals surface area contributed by atoms with Crippen molar-refractivity contribution < 1.29 is 19.0 Å². The van der Waals surface area contributed by atoms with Gasteiger partial charge in [-0.3, -0.25) is 4.79 Å². The Balaban J connectivity index is 0.00000363. The molecule has 0 radical (unpaired) electrons. The van der Waals surface area contributed by atoms with E-state index in [0.717, 1.165) is 68.3 Å². The molecule has 0 spiro atoms. The van der Waals surface area contributed by atoms with E-state index in [1.165, 1.54) is 12.8 Å². The molecule has 8 heteroatoms. The molecule has 0 amide bonds. The van der Waals surface area contributed by atoms with E-state index < -0.39 is 0 Å². The number of methoxy groups -OCH3 is 1. The average Bonchev–Trinajstić information content (AvgIpc) is 3.31. The van der Waals surface area contributed by atoms with Crippen LogP contribution in [0.5, 0.6) is 11.5 Å². The second-order valence-corrected chi connectivity index (χ2v) is 8.16. The molecular weight excluding hydrogens is 521 g/mol. The highest BCUT2D eigenvalue weighted by Gasteiger charge is 2.27. The zero-order chi connectivity index (χ0) is 22.1. The minimum absolute atomic E-state index is 0. The summed E-state index contributed by atoms with van der Waals surface area (Å²) in [5.41, 5.74) is 1.03. The van der Waals surface area contributed by atoms with Crippen molar-refractivity contribution in [3.05, 3.63) is 23.8 Å². The number of guanidine groups is 1. The Morgan fingerprint density at radius 1 is 1.16 bits per heavy atom. The highest BCUT2D eigenvalue weighted by molar-refractivity contribution is 14.0. The molecule has 1 heterocycles. The lowest BCUT2D eigenvalue weighted by atomic mass is 9.97. The number of hydrogen-bond donors (Lipinski definition) is 1. The minimum atomic E-state index is -0.0748. The largest absolute Gasteiger partial charge is 0.493 e. The van der Waals surface area contributed by atoms with Crippen LogP contribution in [-0.2, 0) is 16.1 Å². The van der Waals surface area contributed by atoms with E-state index in [-0.39, 0.29) is 42.0 Å². The maximum atomic E-state index is 12.0. The van der Waals surface area contributed by atoms with Gasteiger partial charge in [-0.15, -0.1) is 24.0 Å². The van der Waals surface area contributed by atoms with E-state index in [1.807, 2.05) is 19.1 Å². The van der Waals surface area contributed by atoms with Gasteiger partial charge in [-0.25, -0.2) is 4.99 Å². The van der Waals surface area contributed by atoms with Crippen LogP contribution in [0.4, 0.5) is 0 Å². The third-order valence-corrected chi connectivity index (χ3v) is 6.02. The van der Waals surface area contributed by atoms with E-state index in [1.54, 1.807) is 7.11 Å². The molecule has 0 aromatic heterocycles. The van der Waals surface area contributed by atoms with Crippen molar-refractivity contribution in [2.75, 3.05) is 33.4 Å². The van der Waals surface area contributed by atoms with Crippen LogP contribution in [0.1, 0.15) is 57.9 Å². The van der Waals surface area contributed by atoms with Crippen molar-refractivity contribution in [1.82, 2.24) is 10.2 Å². The molecule has 1 aliphatic heterocycles. The van der Waals surface area contributed by atoms with Gasteiger partial charge in [-0.1, -0.05) is 12.1 Å². The zero-order valence-corrected chi connectivity index (χ0v) is 21.9. The quantitative estimate of drug-likeness (QED) is 0.221. The molecule has 3 rings (SSSR count). The summed E-state index contributed by atoms with van der Waals surface area (Å²) >= 11 is 0. The Kier molecular flexibility index (Phi) is 11.4. The van der Waals surface area contributed by atoms with Gasteiger partial charge in [-0.05, 0) is 58.4 Å². The number of para-hydroxylation sites is 1. The molecule has 0 atom stereocenters. The van der Waals surface area contributed by atoms with Crippen LogP contribution in [0.2, 0.25) is 0 Å². The van der Waals surface area contributed by atoms with Gasteiger partial charge < -0.3 is 24.4 Å². The molecule has 1 aromatic carbocycles. The molecule has 1 aromatic rings. The third kappa shape index (κ3) is 7.15. The Morgan fingerprint density at radius 3 is 2.50 bits per heavy atom. The Bertz CT molecular complexity index is 745. The number of likely N-dealkylation sites (tertiary alicyclic amines) is 1. The first-order chi connectivity index (χ1) is 15.2. The number of nitrogens with one attached hydrogen (secondary N) is 1. The van der Waals surface area contributed by atoms with Gasteiger partial charge in [0.15, 0.2) is 17.5 Å². The lowest BCUT2D eigenvalue weighted by Crippen LogP contribution is -2.46. The molecule has 1 aliphatic carbocycles. The zero-order valence-electron chi connectivity index (χ0n) is 19.6. The molecule has 1 saturated carbocycles. The van der Waals surface area contributed by atoms with Gasteiger partial charge in [-0.2, -0.15) is 0 Å². The fourth-order valence-electron chi connectivity index (χ4n) is 4.33. The lowest BCUT2D eigenvalue weighted by molar-refractivity contribution is -0.149. The van der Waals surface area contributed by atoms with Crippen molar-refractivity contribution in [2.24, 2.45) is 10.9 Å². The number of ether oxygens (including phenoxy) is 3. The number of carbonyl (C=O) groups is 1. The SMILES string of the molecule is CCNC(=NCc1cccc(OC)c1OC1CCCC1)N1CCC(C(=O)OCC)CC1.I. The maximum absolute atomic E-state index is 12.0. The van der Waals surface area contributed by atoms with Gasteiger partial charge in [0.2, 0.25) is 0 Å². The van der Waals surface area contributed by atoms with E-state index in [4.69, 9.17) is 19.2 Å². The molecular formula is C24H38IN3O4. The van der Waals surface area contributed by atoms with Crippen LogP contribution in [0.25, 0.3) is 0 Å². The van der Waals surface area contributed by atoms with E-state index in [9.17, 15) is 4.79 Å². The van der Waals surface area contributed by atoms with Crippen LogP contribution < -0.4 is 14.8 Å². The van der Waals surface area contributed by atoms with E-state index in [2.05, 4.69) is 23.2 Å². The Morgan fingerprint density at radius 2 is 1.88 bits per heavy atom. The summed E-state index contributed by atoms with van der Waals surface area (Å²) in [6.45, 7) is 7.25.